The van der Waals surface area contributed by atoms with E-state index in [0.717, 1.165) is 45.6 Å². The van der Waals surface area contributed by atoms with Gasteiger partial charge >= 0.3 is 11.9 Å². The van der Waals surface area contributed by atoms with Gasteiger partial charge in [-0.3, -0.25) is 9.80 Å². The lowest BCUT2D eigenvalue weighted by Gasteiger charge is -2.24. The molecule has 0 amide bonds. The van der Waals surface area contributed by atoms with Gasteiger partial charge in [0.1, 0.15) is 0 Å². The molecule has 0 saturated heterocycles. The minimum Gasteiger partial charge on any atom is -0.465 e. The van der Waals surface area contributed by atoms with Crippen molar-refractivity contribution in [2.45, 2.75) is 39.3 Å². The second-order valence-corrected chi connectivity index (χ2v) is 12.8. The average molecular weight is 691 g/mol. The second-order valence-electron chi connectivity index (χ2n) is 12.8. The second kappa shape index (κ2) is 14.2. The zero-order valence-corrected chi connectivity index (χ0v) is 28.7. The first-order valence-corrected chi connectivity index (χ1v) is 16.9. The first kappa shape index (κ1) is 32.9. The number of carbonyl (C=O) groups excluding carboxylic acids is 2. The molecule has 3 aliphatic rings. The molecule has 0 spiro atoms. The summed E-state index contributed by atoms with van der Waals surface area (Å²) >= 11 is 0. The summed E-state index contributed by atoms with van der Waals surface area (Å²) in [6, 6.07) is 30.5. The predicted molar refractivity (Wildman–Crippen MR) is 191 cm³/mol. The van der Waals surface area contributed by atoms with Crippen molar-refractivity contribution in [3.8, 4) is 34.2 Å². The molecule has 0 unspecified atom stereocenters. The molecule has 12 heteroatoms. The Bertz CT molecular complexity index is 2070. The Morgan fingerprint density at radius 2 is 0.712 bits per heavy atom. The summed E-state index contributed by atoms with van der Waals surface area (Å²) in [7, 11) is 2.69. The Balaban J connectivity index is 1.39. The number of aromatic nitrogens is 6. The van der Waals surface area contributed by atoms with Crippen molar-refractivity contribution >= 4 is 11.9 Å². The minimum atomic E-state index is -0.512. The van der Waals surface area contributed by atoms with Gasteiger partial charge in [-0.05, 0) is 72.8 Å². The van der Waals surface area contributed by atoms with Crippen molar-refractivity contribution in [1.29, 1.82) is 0 Å². The lowest BCUT2D eigenvalue weighted by molar-refractivity contribution is 0.0591. The lowest BCUT2D eigenvalue weighted by Crippen LogP contribution is -2.25. The molecule has 3 aliphatic heterocycles. The molecule has 0 aromatic carbocycles. The van der Waals surface area contributed by atoms with Crippen LogP contribution in [0.3, 0.4) is 0 Å². The van der Waals surface area contributed by atoms with E-state index in [9.17, 15) is 9.59 Å². The Hall–Kier alpha value is -6.24. The van der Waals surface area contributed by atoms with E-state index >= 15 is 0 Å². The van der Waals surface area contributed by atoms with E-state index in [0.29, 0.717) is 73.2 Å². The standard InChI is InChI=1S/C40H34N8O4/c1-51-39(49)25-15-31-23-47-19-27-7-3-11-33(41-27)35-13-5-9-29(43-35)21-48(22-30-10-6-14-36(44-30)34-12-4-8-28(20-47)42-34)24-32-16-26(40(50)52-2)18-38(46-32)37(17-25)45-31/h3-18H,19-24H2,1-2H3. The molecule has 52 heavy (non-hydrogen) atoms. The van der Waals surface area contributed by atoms with E-state index < -0.39 is 11.9 Å². The van der Waals surface area contributed by atoms with Crippen molar-refractivity contribution in [2.75, 3.05) is 14.2 Å². The van der Waals surface area contributed by atoms with E-state index in [2.05, 4.69) is 9.80 Å². The number of rotatable bonds is 2. The Morgan fingerprint density at radius 1 is 0.423 bits per heavy atom. The van der Waals surface area contributed by atoms with Gasteiger partial charge in [0, 0.05) is 39.3 Å². The van der Waals surface area contributed by atoms with Crippen LogP contribution < -0.4 is 0 Å². The quantitative estimate of drug-likeness (QED) is 0.207. The van der Waals surface area contributed by atoms with Crippen LogP contribution in [0, 0.1) is 0 Å². The molecular weight excluding hydrogens is 656 g/mol. The molecule has 0 N–H and O–H groups in total. The highest BCUT2D eigenvalue weighted by Gasteiger charge is 2.21. The van der Waals surface area contributed by atoms with E-state index in [1.54, 1.807) is 24.3 Å². The van der Waals surface area contributed by atoms with Gasteiger partial charge in [0.15, 0.2) is 0 Å². The average Bonchev–Trinajstić information content (AvgIpc) is 3.16. The summed E-state index contributed by atoms with van der Waals surface area (Å²) in [5.74, 6) is -1.02. The number of carbonyl (C=O) groups is 2. The first-order chi connectivity index (χ1) is 25.4. The van der Waals surface area contributed by atoms with Gasteiger partial charge in [0.05, 0.1) is 93.7 Å². The van der Waals surface area contributed by atoms with Crippen molar-refractivity contribution < 1.29 is 19.1 Å². The summed E-state index contributed by atoms with van der Waals surface area (Å²) in [5, 5.41) is 0. The highest BCUT2D eigenvalue weighted by Crippen LogP contribution is 2.26. The Labute approximate surface area is 300 Å². The number of ether oxygens (including phenoxy) is 2. The van der Waals surface area contributed by atoms with Crippen LogP contribution in [0.15, 0.2) is 97.1 Å². The number of hydrogen-bond donors (Lipinski definition) is 0. The number of esters is 2. The molecular formula is C40H34N8O4. The van der Waals surface area contributed by atoms with Gasteiger partial charge < -0.3 is 9.47 Å². The third-order valence-corrected chi connectivity index (χ3v) is 8.93. The molecule has 9 rings (SSSR count). The van der Waals surface area contributed by atoms with Crippen LogP contribution in [0.25, 0.3) is 34.2 Å². The molecule has 12 nitrogen and oxygen atoms in total. The molecule has 6 aromatic rings. The van der Waals surface area contributed by atoms with Crippen molar-refractivity contribution in [3.63, 3.8) is 0 Å². The molecule has 6 aromatic heterocycles. The van der Waals surface area contributed by atoms with Crippen LogP contribution >= 0.6 is 0 Å². The molecule has 0 atom stereocenters. The summed E-state index contributed by atoms with van der Waals surface area (Å²) in [4.78, 5) is 60.7. The van der Waals surface area contributed by atoms with Crippen LogP contribution in [-0.2, 0) is 48.7 Å². The van der Waals surface area contributed by atoms with Crippen LogP contribution in [0.5, 0.6) is 0 Å². The van der Waals surface area contributed by atoms with Crippen molar-refractivity contribution in [3.05, 3.63) is 142 Å². The number of pyridine rings is 6. The highest BCUT2D eigenvalue weighted by atomic mass is 16.5. The molecule has 0 fully saturated rings. The maximum atomic E-state index is 13.0. The largest absolute Gasteiger partial charge is 0.465 e. The van der Waals surface area contributed by atoms with Crippen LogP contribution in [0.1, 0.15) is 54.9 Å². The van der Waals surface area contributed by atoms with Gasteiger partial charge in [-0.25, -0.2) is 39.5 Å². The van der Waals surface area contributed by atoms with Crippen molar-refractivity contribution in [2.24, 2.45) is 0 Å². The van der Waals surface area contributed by atoms with E-state index in [4.69, 9.17) is 39.4 Å². The van der Waals surface area contributed by atoms with Gasteiger partial charge in [-0.1, -0.05) is 24.3 Å². The third kappa shape index (κ3) is 7.15. The maximum absolute atomic E-state index is 13.0. The van der Waals surface area contributed by atoms with Gasteiger partial charge in [0.2, 0.25) is 0 Å². The third-order valence-electron chi connectivity index (χ3n) is 8.93. The summed E-state index contributed by atoms with van der Waals surface area (Å²) in [6.45, 7) is 2.44. The molecule has 9 heterocycles. The SMILES string of the molecule is COC(=O)c1cc2nc(c1)-c1cc(C(=O)OC)cc(n1)CN1Cc3cccc(n3)-c3cccc(n3)CN(Cc3cccc(n3)-c3cccc(n3)C1)C2. The molecule has 0 saturated carbocycles. The van der Waals surface area contributed by atoms with Gasteiger partial charge in [0.25, 0.3) is 0 Å². The van der Waals surface area contributed by atoms with E-state index in [1.807, 2.05) is 72.8 Å². The fourth-order valence-corrected chi connectivity index (χ4v) is 6.62. The Kier molecular flexibility index (Phi) is 8.98. The minimum absolute atomic E-state index is 0.314. The van der Waals surface area contributed by atoms with E-state index in [1.165, 1.54) is 14.2 Å². The molecule has 14 bridgehead atoms. The normalized spacial score (nSPS) is 16.3. The zero-order chi connectivity index (χ0) is 35.6. The first-order valence-electron chi connectivity index (χ1n) is 16.9. The summed E-state index contributed by atoms with van der Waals surface area (Å²) in [6.07, 6.45) is 0. The van der Waals surface area contributed by atoms with E-state index in [-0.39, 0.29) is 0 Å². The smallest absolute Gasteiger partial charge is 0.337 e. The predicted octanol–water partition coefficient (Wildman–Crippen LogP) is 5.66. The molecule has 0 radical (unpaired) electrons. The topological polar surface area (TPSA) is 136 Å². The highest BCUT2D eigenvalue weighted by molar-refractivity contribution is 5.92. The zero-order valence-electron chi connectivity index (χ0n) is 28.7. The maximum Gasteiger partial charge on any atom is 0.337 e. The monoisotopic (exact) mass is 690 g/mol. The number of methoxy groups -OCH3 is 2. The van der Waals surface area contributed by atoms with Crippen LogP contribution in [-0.4, -0.2) is 65.9 Å². The molecule has 0 aliphatic carbocycles. The van der Waals surface area contributed by atoms with Gasteiger partial charge in [-0.15, -0.1) is 0 Å². The van der Waals surface area contributed by atoms with Gasteiger partial charge in [-0.2, -0.15) is 0 Å². The fourth-order valence-electron chi connectivity index (χ4n) is 6.62. The Morgan fingerprint density at radius 3 is 1.02 bits per heavy atom. The number of hydrogen-bond acceptors (Lipinski definition) is 12. The fraction of sp³-hybridized carbons (Fsp3) is 0.200. The number of nitrogens with zero attached hydrogens (tertiary/aromatic N) is 8. The summed E-state index contributed by atoms with van der Waals surface area (Å²) < 4.78 is 10.3. The lowest BCUT2D eigenvalue weighted by atomic mass is 10.1. The van der Waals surface area contributed by atoms with Crippen LogP contribution in [0.2, 0.25) is 0 Å². The molecule has 258 valence electrons. The summed E-state index contributed by atoms with van der Waals surface area (Å²) in [5.41, 5.74) is 9.03. The van der Waals surface area contributed by atoms with Crippen LogP contribution in [0.4, 0.5) is 0 Å². The van der Waals surface area contributed by atoms with Crippen molar-refractivity contribution in [1.82, 2.24) is 39.7 Å².